The molecule has 1 saturated heterocycles. The molecule has 1 heterocycles. The van der Waals surface area contributed by atoms with Crippen LogP contribution in [0.3, 0.4) is 0 Å². The summed E-state index contributed by atoms with van der Waals surface area (Å²) in [4.78, 5) is 12.0. The number of hydrogen-bond acceptors (Lipinski definition) is 4. The molecule has 1 saturated carbocycles. The van der Waals surface area contributed by atoms with Gasteiger partial charge in [0.05, 0.1) is 19.6 Å². The highest BCUT2D eigenvalue weighted by molar-refractivity contribution is 5.86. The van der Waals surface area contributed by atoms with Crippen LogP contribution in [0, 0.1) is 0 Å². The van der Waals surface area contributed by atoms with Crippen molar-refractivity contribution in [3.8, 4) is 0 Å². The summed E-state index contributed by atoms with van der Waals surface area (Å²) in [6.07, 6.45) is 13.9. The summed E-state index contributed by atoms with van der Waals surface area (Å²) in [6.45, 7) is 2.92. The highest BCUT2D eigenvalue weighted by atomic mass is 16.7. The predicted octanol–water partition coefficient (Wildman–Crippen LogP) is 3.92. The minimum absolute atomic E-state index is 0.131. The zero-order valence-corrected chi connectivity index (χ0v) is 14.6. The summed E-state index contributed by atoms with van der Waals surface area (Å²) in [5.74, 6) is -0.912. The minimum Gasteiger partial charge on any atom is -0.347 e. The van der Waals surface area contributed by atoms with Crippen LogP contribution in [0.15, 0.2) is 5.10 Å². The van der Waals surface area contributed by atoms with Gasteiger partial charge in [0.2, 0.25) is 5.91 Å². The first-order valence-corrected chi connectivity index (χ1v) is 9.30. The third-order valence-corrected chi connectivity index (χ3v) is 4.65. The molecule has 2 aliphatic rings. The maximum Gasteiger partial charge on any atom is 0.245 e. The second-order valence-electron chi connectivity index (χ2n) is 6.90. The standard InChI is InChI=1S/C18H32N2O3/c1-18(22-13-14-23-18)15-17(21)20-19-16-11-9-7-5-3-2-4-6-8-10-12-16/h2-15H2,1H3,(H,20,21). The molecular formula is C18H32N2O3. The van der Waals surface area contributed by atoms with Crippen LogP contribution in [0.1, 0.15) is 84.0 Å². The van der Waals surface area contributed by atoms with E-state index in [1.807, 2.05) is 6.92 Å². The Bertz CT molecular complexity index is 376. The molecule has 1 amide bonds. The number of carbonyl (C=O) groups is 1. The Morgan fingerprint density at radius 2 is 1.43 bits per heavy atom. The Balaban J connectivity index is 1.78. The molecule has 2 rings (SSSR count). The Morgan fingerprint density at radius 3 is 1.96 bits per heavy atom. The lowest BCUT2D eigenvalue weighted by molar-refractivity contribution is -0.159. The van der Waals surface area contributed by atoms with Gasteiger partial charge in [-0.15, -0.1) is 0 Å². The maximum atomic E-state index is 12.0. The van der Waals surface area contributed by atoms with Crippen molar-refractivity contribution < 1.29 is 14.3 Å². The molecule has 1 N–H and O–H groups in total. The van der Waals surface area contributed by atoms with Crippen LogP contribution in [0.25, 0.3) is 0 Å². The Labute approximate surface area is 140 Å². The van der Waals surface area contributed by atoms with E-state index in [1.54, 1.807) is 0 Å². The monoisotopic (exact) mass is 324 g/mol. The SMILES string of the molecule is CC1(CC(=O)NN=C2CCCCCCCCCCC2)OCCO1. The molecule has 0 spiro atoms. The average molecular weight is 324 g/mol. The number of hydrazone groups is 1. The molecule has 1 aliphatic carbocycles. The number of ether oxygens (including phenoxy) is 2. The summed E-state index contributed by atoms with van der Waals surface area (Å²) >= 11 is 0. The predicted molar refractivity (Wildman–Crippen MR) is 91.3 cm³/mol. The van der Waals surface area contributed by atoms with E-state index in [4.69, 9.17) is 9.47 Å². The first kappa shape index (κ1) is 18.4. The molecule has 0 aromatic carbocycles. The lowest BCUT2D eigenvalue weighted by Crippen LogP contribution is -2.33. The third-order valence-electron chi connectivity index (χ3n) is 4.65. The molecule has 5 heteroatoms. The molecular weight excluding hydrogens is 292 g/mol. The van der Waals surface area contributed by atoms with Crippen molar-refractivity contribution >= 4 is 11.6 Å². The number of hydrogen-bond donors (Lipinski definition) is 1. The summed E-state index contributed by atoms with van der Waals surface area (Å²) in [6, 6.07) is 0. The Kier molecular flexibility index (Phi) is 8.03. The second kappa shape index (κ2) is 10.0. The molecule has 2 fully saturated rings. The first-order chi connectivity index (χ1) is 11.2. The fourth-order valence-corrected chi connectivity index (χ4v) is 3.26. The molecule has 0 radical (unpaired) electrons. The van der Waals surface area contributed by atoms with Gasteiger partial charge in [-0.3, -0.25) is 4.79 Å². The van der Waals surface area contributed by atoms with Crippen molar-refractivity contribution in [1.82, 2.24) is 5.43 Å². The lowest BCUT2D eigenvalue weighted by Gasteiger charge is -2.20. The molecule has 0 bridgehead atoms. The van der Waals surface area contributed by atoms with E-state index in [-0.39, 0.29) is 12.3 Å². The molecule has 1 aliphatic heterocycles. The second-order valence-corrected chi connectivity index (χ2v) is 6.90. The van der Waals surface area contributed by atoms with E-state index >= 15 is 0 Å². The van der Waals surface area contributed by atoms with E-state index in [9.17, 15) is 4.79 Å². The fourth-order valence-electron chi connectivity index (χ4n) is 3.26. The number of carbonyl (C=O) groups excluding carboxylic acids is 1. The summed E-state index contributed by atoms with van der Waals surface area (Å²) < 4.78 is 10.9. The quantitative estimate of drug-likeness (QED) is 0.801. The molecule has 5 nitrogen and oxygen atoms in total. The van der Waals surface area contributed by atoms with Gasteiger partial charge in [0.25, 0.3) is 0 Å². The first-order valence-electron chi connectivity index (χ1n) is 9.30. The third kappa shape index (κ3) is 7.44. The number of nitrogens with zero attached hydrogens (tertiary/aromatic N) is 1. The summed E-state index contributed by atoms with van der Waals surface area (Å²) in [5.41, 5.74) is 3.84. The smallest absolute Gasteiger partial charge is 0.245 e. The van der Waals surface area contributed by atoms with Crippen LogP contribution in [0.2, 0.25) is 0 Å². The van der Waals surface area contributed by atoms with Crippen LogP contribution < -0.4 is 5.43 Å². The topological polar surface area (TPSA) is 59.9 Å². The lowest BCUT2D eigenvalue weighted by atomic mass is 10.00. The van der Waals surface area contributed by atoms with E-state index in [2.05, 4.69) is 10.5 Å². The molecule has 0 atom stereocenters. The van der Waals surface area contributed by atoms with E-state index in [1.165, 1.54) is 57.8 Å². The van der Waals surface area contributed by atoms with E-state index in [0.717, 1.165) is 18.6 Å². The number of amides is 1. The number of nitrogens with one attached hydrogen (secondary N) is 1. The molecule has 0 aromatic heterocycles. The summed E-state index contributed by atoms with van der Waals surface area (Å²) in [7, 11) is 0. The highest BCUT2D eigenvalue weighted by Gasteiger charge is 2.33. The van der Waals surface area contributed by atoms with Gasteiger partial charge in [-0.05, 0) is 32.6 Å². The largest absolute Gasteiger partial charge is 0.347 e. The van der Waals surface area contributed by atoms with Gasteiger partial charge < -0.3 is 9.47 Å². The van der Waals surface area contributed by atoms with Crippen molar-refractivity contribution in [2.45, 2.75) is 89.8 Å². The average Bonchev–Trinajstić information content (AvgIpc) is 2.93. The summed E-state index contributed by atoms with van der Waals surface area (Å²) in [5, 5.41) is 4.39. The van der Waals surface area contributed by atoms with Crippen molar-refractivity contribution in [2.24, 2.45) is 5.10 Å². The van der Waals surface area contributed by atoms with Crippen LogP contribution in [0.5, 0.6) is 0 Å². The van der Waals surface area contributed by atoms with Crippen molar-refractivity contribution in [3.63, 3.8) is 0 Å². The van der Waals surface area contributed by atoms with Gasteiger partial charge in [-0.25, -0.2) is 5.43 Å². The van der Waals surface area contributed by atoms with Gasteiger partial charge >= 0.3 is 0 Å². The van der Waals surface area contributed by atoms with E-state index < -0.39 is 5.79 Å². The fraction of sp³-hybridized carbons (Fsp3) is 0.889. The molecule has 0 unspecified atom stereocenters. The van der Waals surface area contributed by atoms with Gasteiger partial charge in [-0.1, -0.05) is 44.9 Å². The van der Waals surface area contributed by atoms with E-state index in [0.29, 0.717) is 13.2 Å². The van der Waals surface area contributed by atoms with Gasteiger partial charge in [0.15, 0.2) is 5.79 Å². The van der Waals surface area contributed by atoms with Crippen molar-refractivity contribution in [3.05, 3.63) is 0 Å². The zero-order chi connectivity index (χ0) is 16.4. The highest BCUT2D eigenvalue weighted by Crippen LogP contribution is 2.22. The Morgan fingerprint density at radius 1 is 0.957 bits per heavy atom. The van der Waals surface area contributed by atoms with Crippen LogP contribution in [-0.2, 0) is 14.3 Å². The molecule has 0 aromatic rings. The maximum absolute atomic E-state index is 12.0. The van der Waals surface area contributed by atoms with Crippen LogP contribution in [-0.4, -0.2) is 30.6 Å². The Hall–Kier alpha value is -0.940. The zero-order valence-electron chi connectivity index (χ0n) is 14.6. The van der Waals surface area contributed by atoms with Crippen LogP contribution in [0.4, 0.5) is 0 Å². The van der Waals surface area contributed by atoms with Crippen molar-refractivity contribution in [1.29, 1.82) is 0 Å². The van der Waals surface area contributed by atoms with Gasteiger partial charge in [-0.2, -0.15) is 5.10 Å². The normalized spacial score (nSPS) is 23.6. The molecule has 132 valence electrons. The minimum atomic E-state index is -0.781. The van der Waals surface area contributed by atoms with Gasteiger partial charge in [0.1, 0.15) is 0 Å². The number of rotatable bonds is 3. The molecule has 23 heavy (non-hydrogen) atoms. The van der Waals surface area contributed by atoms with Crippen LogP contribution >= 0.6 is 0 Å². The van der Waals surface area contributed by atoms with Gasteiger partial charge in [0, 0.05) is 5.71 Å². The van der Waals surface area contributed by atoms with Crippen molar-refractivity contribution in [2.75, 3.05) is 13.2 Å².